The van der Waals surface area contributed by atoms with Gasteiger partial charge in [-0.1, -0.05) is 51.1 Å². The molecule has 0 saturated carbocycles. The molecule has 0 bridgehead atoms. The Labute approximate surface area is 150 Å². The maximum absolute atomic E-state index is 12.3. The molecule has 0 fully saturated rings. The van der Waals surface area contributed by atoms with Crippen molar-refractivity contribution in [2.24, 2.45) is 0 Å². The van der Waals surface area contributed by atoms with Crippen LogP contribution in [0.3, 0.4) is 0 Å². The number of carbonyl (C=O) groups excluding carboxylic acids is 1. The molecule has 2 amide bonds. The Morgan fingerprint density at radius 2 is 1.72 bits per heavy atom. The number of hydrogen-bond acceptors (Lipinski definition) is 2. The van der Waals surface area contributed by atoms with Crippen molar-refractivity contribution < 1.29 is 4.79 Å². The number of nitrogens with one attached hydrogen (secondary N) is 2. The normalized spacial score (nSPS) is 12.1. The summed E-state index contributed by atoms with van der Waals surface area (Å²) < 4.78 is 1.88. The first-order chi connectivity index (χ1) is 11.6. The van der Waals surface area contributed by atoms with Crippen LogP contribution in [0.15, 0.2) is 36.4 Å². The van der Waals surface area contributed by atoms with E-state index in [0.717, 1.165) is 17.9 Å². The standard InChI is InChI=1S/C20H30N4O/c1-19(2,3)16-14-17(24(23-16)20(4,5)6)22-18(25)21-13-12-15-10-8-7-9-11-15/h7-11,14H,12-13H2,1-6H3,(H2,21,22,25). The number of aromatic nitrogens is 2. The maximum atomic E-state index is 12.3. The summed E-state index contributed by atoms with van der Waals surface area (Å²) in [6.45, 7) is 13.2. The number of benzene rings is 1. The molecule has 0 aliphatic carbocycles. The fourth-order valence-electron chi connectivity index (χ4n) is 2.47. The van der Waals surface area contributed by atoms with Crippen molar-refractivity contribution in [2.75, 3.05) is 11.9 Å². The number of nitrogens with zero attached hydrogens (tertiary/aromatic N) is 2. The molecule has 0 aliphatic rings. The molecule has 0 atom stereocenters. The van der Waals surface area contributed by atoms with Crippen molar-refractivity contribution in [1.82, 2.24) is 15.1 Å². The number of amides is 2. The van der Waals surface area contributed by atoms with Gasteiger partial charge in [-0.25, -0.2) is 9.48 Å². The fraction of sp³-hybridized carbons (Fsp3) is 0.500. The molecule has 2 rings (SSSR count). The molecule has 2 N–H and O–H groups in total. The van der Waals surface area contributed by atoms with Gasteiger partial charge in [-0.15, -0.1) is 0 Å². The van der Waals surface area contributed by atoms with Gasteiger partial charge < -0.3 is 5.32 Å². The van der Waals surface area contributed by atoms with Crippen molar-refractivity contribution in [3.63, 3.8) is 0 Å². The van der Waals surface area contributed by atoms with Crippen LogP contribution in [-0.4, -0.2) is 22.4 Å². The topological polar surface area (TPSA) is 59.0 Å². The Kier molecular flexibility index (Phi) is 5.55. The second-order valence-electron chi connectivity index (χ2n) is 8.36. The summed E-state index contributed by atoms with van der Waals surface area (Å²) >= 11 is 0. The SMILES string of the molecule is CC(C)(C)c1cc(NC(=O)NCCc2ccccc2)n(C(C)(C)C)n1. The molecule has 136 valence electrons. The molecule has 1 heterocycles. The van der Waals surface area contributed by atoms with Gasteiger partial charge in [0.25, 0.3) is 0 Å². The van der Waals surface area contributed by atoms with Crippen LogP contribution in [-0.2, 0) is 17.4 Å². The van der Waals surface area contributed by atoms with Gasteiger partial charge in [0.1, 0.15) is 5.82 Å². The average Bonchev–Trinajstić information content (AvgIpc) is 2.92. The zero-order valence-corrected chi connectivity index (χ0v) is 16.2. The lowest BCUT2D eigenvalue weighted by Gasteiger charge is -2.23. The van der Waals surface area contributed by atoms with Crippen LogP contribution in [0, 0.1) is 0 Å². The van der Waals surface area contributed by atoms with Crippen LogP contribution < -0.4 is 10.6 Å². The molecule has 0 radical (unpaired) electrons. The smallest absolute Gasteiger partial charge is 0.320 e. The number of carbonyl (C=O) groups is 1. The van der Waals surface area contributed by atoms with E-state index in [2.05, 4.69) is 64.3 Å². The number of hydrogen-bond donors (Lipinski definition) is 2. The van der Waals surface area contributed by atoms with E-state index >= 15 is 0 Å². The lowest BCUT2D eigenvalue weighted by atomic mass is 9.92. The van der Waals surface area contributed by atoms with E-state index in [0.29, 0.717) is 6.54 Å². The zero-order chi connectivity index (χ0) is 18.7. The van der Waals surface area contributed by atoms with Gasteiger partial charge in [0, 0.05) is 18.0 Å². The van der Waals surface area contributed by atoms with Gasteiger partial charge in [-0.2, -0.15) is 5.10 Å². The van der Waals surface area contributed by atoms with Crippen molar-refractivity contribution in [3.05, 3.63) is 47.7 Å². The van der Waals surface area contributed by atoms with Gasteiger partial charge in [-0.3, -0.25) is 5.32 Å². The van der Waals surface area contributed by atoms with E-state index in [1.807, 2.05) is 28.9 Å². The molecule has 5 nitrogen and oxygen atoms in total. The quantitative estimate of drug-likeness (QED) is 0.870. The third-order valence-corrected chi connectivity index (χ3v) is 3.90. The summed E-state index contributed by atoms with van der Waals surface area (Å²) in [6.07, 6.45) is 0.806. The molecule has 1 aromatic carbocycles. The minimum atomic E-state index is -0.212. The summed E-state index contributed by atoms with van der Waals surface area (Å²) in [5, 5.41) is 10.6. The fourth-order valence-corrected chi connectivity index (χ4v) is 2.47. The molecular weight excluding hydrogens is 312 g/mol. The van der Waals surface area contributed by atoms with E-state index in [4.69, 9.17) is 5.10 Å². The summed E-state index contributed by atoms with van der Waals surface area (Å²) in [5.41, 5.74) is 1.88. The van der Waals surface area contributed by atoms with Gasteiger partial charge in [0.15, 0.2) is 0 Å². The minimum absolute atomic E-state index is 0.0727. The van der Waals surface area contributed by atoms with Crippen molar-refractivity contribution >= 4 is 11.8 Å². The van der Waals surface area contributed by atoms with Gasteiger partial charge in [0.2, 0.25) is 0 Å². The van der Waals surface area contributed by atoms with Crippen LogP contribution in [0.5, 0.6) is 0 Å². The molecule has 0 saturated heterocycles. The zero-order valence-electron chi connectivity index (χ0n) is 16.2. The van der Waals surface area contributed by atoms with Gasteiger partial charge >= 0.3 is 6.03 Å². The first-order valence-electron chi connectivity index (χ1n) is 8.77. The Morgan fingerprint density at radius 3 is 2.28 bits per heavy atom. The van der Waals surface area contributed by atoms with E-state index in [9.17, 15) is 4.79 Å². The average molecular weight is 342 g/mol. The molecule has 2 aromatic rings. The van der Waals surface area contributed by atoms with E-state index in [-0.39, 0.29) is 17.0 Å². The molecule has 1 aromatic heterocycles. The van der Waals surface area contributed by atoms with Crippen molar-refractivity contribution in [3.8, 4) is 0 Å². The lowest BCUT2D eigenvalue weighted by Crippen LogP contribution is -2.33. The van der Waals surface area contributed by atoms with Crippen LogP contribution in [0.2, 0.25) is 0 Å². The molecule has 5 heteroatoms. The lowest BCUT2D eigenvalue weighted by molar-refractivity contribution is 0.251. The molecule has 25 heavy (non-hydrogen) atoms. The van der Waals surface area contributed by atoms with Gasteiger partial charge in [-0.05, 0) is 32.8 Å². The van der Waals surface area contributed by atoms with E-state index in [1.165, 1.54) is 5.56 Å². The maximum Gasteiger partial charge on any atom is 0.320 e. The number of rotatable bonds is 4. The van der Waals surface area contributed by atoms with Crippen molar-refractivity contribution in [2.45, 2.75) is 58.9 Å². The Morgan fingerprint density at radius 1 is 1.08 bits per heavy atom. The molecular formula is C20H30N4O. The monoisotopic (exact) mass is 342 g/mol. The van der Waals surface area contributed by atoms with Gasteiger partial charge in [0.05, 0.1) is 11.2 Å². The first-order valence-corrected chi connectivity index (χ1v) is 8.77. The second-order valence-corrected chi connectivity index (χ2v) is 8.36. The summed E-state index contributed by atoms with van der Waals surface area (Å²) in [7, 11) is 0. The highest BCUT2D eigenvalue weighted by molar-refractivity contribution is 5.88. The van der Waals surface area contributed by atoms with E-state index < -0.39 is 0 Å². The minimum Gasteiger partial charge on any atom is -0.337 e. The Balaban J connectivity index is 2.03. The van der Waals surface area contributed by atoms with E-state index in [1.54, 1.807) is 0 Å². The predicted molar refractivity (Wildman–Crippen MR) is 103 cm³/mol. The Hall–Kier alpha value is -2.30. The third kappa shape index (κ3) is 5.34. The predicted octanol–water partition coefficient (Wildman–Crippen LogP) is 4.30. The largest absolute Gasteiger partial charge is 0.337 e. The van der Waals surface area contributed by atoms with Crippen LogP contribution in [0.25, 0.3) is 0 Å². The van der Waals surface area contributed by atoms with Crippen LogP contribution in [0.1, 0.15) is 52.8 Å². The first kappa shape index (κ1) is 19.0. The second kappa shape index (κ2) is 7.30. The van der Waals surface area contributed by atoms with Crippen molar-refractivity contribution in [1.29, 1.82) is 0 Å². The number of urea groups is 1. The Bertz CT molecular complexity index is 706. The number of anilines is 1. The molecule has 0 aliphatic heterocycles. The van der Waals surface area contributed by atoms with Crippen LogP contribution in [0.4, 0.5) is 10.6 Å². The highest BCUT2D eigenvalue weighted by Crippen LogP contribution is 2.28. The van der Waals surface area contributed by atoms with Crippen LogP contribution >= 0.6 is 0 Å². The molecule has 0 unspecified atom stereocenters. The highest BCUT2D eigenvalue weighted by Gasteiger charge is 2.25. The molecule has 0 spiro atoms. The highest BCUT2D eigenvalue weighted by atomic mass is 16.2. The third-order valence-electron chi connectivity index (χ3n) is 3.90. The summed E-state index contributed by atoms with van der Waals surface area (Å²) in [5.74, 6) is 0.717. The summed E-state index contributed by atoms with van der Waals surface area (Å²) in [4.78, 5) is 12.3. The summed E-state index contributed by atoms with van der Waals surface area (Å²) in [6, 6.07) is 11.9.